The van der Waals surface area contributed by atoms with E-state index in [2.05, 4.69) is 22.0 Å². The number of halogens is 1. The number of nitrogens with one attached hydrogen (secondary N) is 1. The lowest BCUT2D eigenvalue weighted by Crippen LogP contribution is -2.49. The first kappa shape index (κ1) is 21.5. The molecule has 0 aromatic heterocycles. The van der Waals surface area contributed by atoms with Gasteiger partial charge >= 0.3 is 0 Å². The van der Waals surface area contributed by atoms with Gasteiger partial charge in [0.25, 0.3) is 0 Å². The number of nitrogens with zero attached hydrogens (tertiary/aromatic N) is 2. The molecule has 1 aromatic carbocycles. The van der Waals surface area contributed by atoms with Crippen LogP contribution in [0.2, 0.25) is 0 Å². The third-order valence-electron chi connectivity index (χ3n) is 6.38. The van der Waals surface area contributed by atoms with Crippen LogP contribution >= 0.6 is 12.2 Å². The molecule has 1 saturated heterocycles. The maximum Gasteiger partial charge on any atom is 0.169 e. The molecule has 1 unspecified atom stereocenters. The molecule has 1 N–H and O–H groups in total. The summed E-state index contributed by atoms with van der Waals surface area (Å²) in [7, 11) is 0. The quantitative estimate of drug-likeness (QED) is 0.664. The molecule has 0 spiro atoms. The molecule has 0 amide bonds. The van der Waals surface area contributed by atoms with Crippen molar-refractivity contribution in [1.29, 1.82) is 0 Å². The molecule has 2 aliphatic rings. The summed E-state index contributed by atoms with van der Waals surface area (Å²) < 4.78 is 14.3. The van der Waals surface area contributed by atoms with Gasteiger partial charge in [-0.25, -0.2) is 4.39 Å². The van der Waals surface area contributed by atoms with Gasteiger partial charge in [-0.2, -0.15) is 0 Å². The van der Waals surface area contributed by atoms with Gasteiger partial charge in [0.15, 0.2) is 5.11 Å². The molecule has 0 bridgehead atoms. The standard InChI is InChI=1S/C23H36FN3S/c1-2-26-16-10-14-21(26)18-27(17-19-11-8-9-15-22(19)24)23(28)25-20-12-6-4-3-5-7-13-20/h8-9,11,15,20-21H,2-7,10,12-14,16-18H2,1H3,(H,25,28). The van der Waals surface area contributed by atoms with Gasteiger partial charge in [-0.1, -0.05) is 57.2 Å². The lowest BCUT2D eigenvalue weighted by Gasteiger charge is -2.34. The summed E-state index contributed by atoms with van der Waals surface area (Å²) in [6, 6.07) is 8.06. The minimum Gasteiger partial charge on any atom is -0.360 e. The van der Waals surface area contributed by atoms with Crippen LogP contribution in [-0.4, -0.2) is 46.6 Å². The molecule has 1 saturated carbocycles. The molecule has 28 heavy (non-hydrogen) atoms. The van der Waals surface area contributed by atoms with E-state index in [4.69, 9.17) is 12.2 Å². The van der Waals surface area contributed by atoms with Crippen molar-refractivity contribution >= 4 is 17.3 Å². The van der Waals surface area contributed by atoms with Crippen molar-refractivity contribution in [3.63, 3.8) is 0 Å². The highest BCUT2D eigenvalue weighted by atomic mass is 32.1. The van der Waals surface area contributed by atoms with Crippen molar-refractivity contribution in [3.8, 4) is 0 Å². The van der Waals surface area contributed by atoms with Crippen LogP contribution in [0.1, 0.15) is 70.3 Å². The largest absolute Gasteiger partial charge is 0.360 e. The molecule has 5 heteroatoms. The van der Waals surface area contributed by atoms with Crippen LogP contribution in [0.5, 0.6) is 0 Å². The van der Waals surface area contributed by atoms with Crippen LogP contribution in [0.15, 0.2) is 24.3 Å². The highest BCUT2D eigenvalue weighted by Gasteiger charge is 2.27. The summed E-state index contributed by atoms with van der Waals surface area (Å²) >= 11 is 5.86. The SMILES string of the molecule is CCN1CCCC1CN(Cc1ccccc1F)C(=S)NC1CCCCCCC1. The van der Waals surface area contributed by atoms with E-state index in [1.807, 2.05) is 12.1 Å². The van der Waals surface area contributed by atoms with Gasteiger partial charge in [-0.05, 0) is 57.1 Å². The number of likely N-dealkylation sites (N-methyl/N-ethyl adjacent to an activating group) is 1. The van der Waals surface area contributed by atoms with Crippen molar-refractivity contribution in [2.45, 2.75) is 83.3 Å². The predicted octanol–water partition coefficient (Wildman–Crippen LogP) is 5.10. The van der Waals surface area contributed by atoms with E-state index in [0.29, 0.717) is 18.6 Å². The molecule has 3 rings (SSSR count). The summed E-state index contributed by atoms with van der Waals surface area (Å²) in [5.41, 5.74) is 0.727. The average molecular weight is 406 g/mol. The van der Waals surface area contributed by atoms with Crippen molar-refractivity contribution in [1.82, 2.24) is 15.1 Å². The number of hydrogen-bond donors (Lipinski definition) is 1. The number of thiocarbonyl (C=S) groups is 1. The Bertz CT molecular complexity index is 616. The Morgan fingerprint density at radius 2 is 1.82 bits per heavy atom. The minimum absolute atomic E-state index is 0.139. The fraction of sp³-hybridized carbons (Fsp3) is 0.696. The number of rotatable bonds is 6. The molecule has 3 nitrogen and oxygen atoms in total. The highest BCUT2D eigenvalue weighted by molar-refractivity contribution is 7.80. The molecule has 156 valence electrons. The predicted molar refractivity (Wildman–Crippen MR) is 119 cm³/mol. The number of likely N-dealkylation sites (tertiary alicyclic amines) is 1. The van der Waals surface area contributed by atoms with Gasteiger partial charge in [-0.3, -0.25) is 4.90 Å². The van der Waals surface area contributed by atoms with Gasteiger partial charge in [0, 0.05) is 30.7 Å². The average Bonchev–Trinajstić information content (AvgIpc) is 3.12. The molecular weight excluding hydrogens is 369 g/mol. The van der Waals surface area contributed by atoms with Crippen molar-refractivity contribution in [2.75, 3.05) is 19.6 Å². The fourth-order valence-electron chi connectivity index (χ4n) is 4.69. The molecule has 0 radical (unpaired) electrons. The second-order valence-corrected chi connectivity index (χ2v) is 8.77. The van der Waals surface area contributed by atoms with Crippen molar-refractivity contribution in [2.24, 2.45) is 0 Å². The molecular formula is C23H36FN3S. The van der Waals surface area contributed by atoms with Crippen LogP contribution in [0, 0.1) is 5.82 Å². The second-order valence-electron chi connectivity index (χ2n) is 8.39. The first-order valence-electron chi connectivity index (χ1n) is 11.2. The topological polar surface area (TPSA) is 18.5 Å². The van der Waals surface area contributed by atoms with Crippen LogP contribution in [0.3, 0.4) is 0 Å². The van der Waals surface area contributed by atoms with Crippen LogP contribution in [0.25, 0.3) is 0 Å². The minimum atomic E-state index is -0.139. The van der Waals surface area contributed by atoms with E-state index in [9.17, 15) is 4.39 Å². The molecule has 1 aliphatic carbocycles. The summed E-state index contributed by atoms with van der Waals surface area (Å²) in [6.45, 7) is 5.88. The zero-order chi connectivity index (χ0) is 19.8. The second kappa shape index (κ2) is 11.1. The normalized spacial score (nSPS) is 21.9. The van der Waals surface area contributed by atoms with Gasteiger partial charge in [0.1, 0.15) is 5.82 Å². The Balaban J connectivity index is 1.68. The van der Waals surface area contributed by atoms with E-state index < -0.39 is 0 Å². The molecule has 1 aliphatic heterocycles. The summed E-state index contributed by atoms with van der Waals surface area (Å²) in [6.07, 6.45) is 11.4. The van der Waals surface area contributed by atoms with Crippen molar-refractivity contribution in [3.05, 3.63) is 35.6 Å². The molecule has 1 heterocycles. The Kier molecular flexibility index (Phi) is 8.53. The monoisotopic (exact) mass is 405 g/mol. The zero-order valence-corrected chi connectivity index (χ0v) is 18.2. The molecule has 2 fully saturated rings. The maximum absolute atomic E-state index is 14.3. The Labute approximate surface area is 175 Å². The Morgan fingerprint density at radius 1 is 1.11 bits per heavy atom. The summed E-state index contributed by atoms with van der Waals surface area (Å²) in [4.78, 5) is 4.75. The molecule has 1 aromatic rings. The first-order valence-corrected chi connectivity index (χ1v) is 11.6. The number of hydrogen-bond acceptors (Lipinski definition) is 2. The zero-order valence-electron chi connectivity index (χ0n) is 17.3. The lowest BCUT2D eigenvalue weighted by molar-refractivity contribution is 0.217. The van der Waals surface area contributed by atoms with E-state index in [1.54, 1.807) is 12.1 Å². The van der Waals surface area contributed by atoms with E-state index >= 15 is 0 Å². The first-order chi connectivity index (χ1) is 13.7. The van der Waals surface area contributed by atoms with E-state index in [0.717, 1.165) is 30.3 Å². The summed E-state index contributed by atoms with van der Waals surface area (Å²) in [5.74, 6) is -0.139. The van der Waals surface area contributed by atoms with E-state index in [-0.39, 0.29) is 5.82 Å². The van der Waals surface area contributed by atoms with Gasteiger partial charge in [-0.15, -0.1) is 0 Å². The van der Waals surface area contributed by atoms with Gasteiger partial charge < -0.3 is 10.2 Å². The fourth-order valence-corrected chi connectivity index (χ4v) is 5.00. The highest BCUT2D eigenvalue weighted by Crippen LogP contribution is 2.21. The summed E-state index contributed by atoms with van der Waals surface area (Å²) in [5, 5.41) is 4.45. The van der Waals surface area contributed by atoms with Crippen molar-refractivity contribution < 1.29 is 4.39 Å². The lowest BCUT2D eigenvalue weighted by atomic mass is 9.97. The van der Waals surface area contributed by atoms with Crippen LogP contribution in [0.4, 0.5) is 4.39 Å². The third-order valence-corrected chi connectivity index (χ3v) is 6.75. The smallest absolute Gasteiger partial charge is 0.169 e. The Hall–Kier alpha value is -1.20. The maximum atomic E-state index is 14.3. The van der Waals surface area contributed by atoms with Crippen LogP contribution in [-0.2, 0) is 6.54 Å². The van der Waals surface area contributed by atoms with Gasteiger partial charge in [0.05, 0.1) is 0 Å². The third kappa shape index (κ3) is 6.15. The van der Waals surface area contributed by atoms with E-state index in [1.165, 1.54) is 57.8 Å². The van der Waals surface area contributed by atoms with Gasteiger partial charge in [0.2, 0.25) is 0 Å². The Morgan fingerprint density at radius 3 is 2.54 bits per heavy atom. The number of benzene rings is 1. The molecule has 1 atom stereocenters. The van der Waals surface area contributed by atoms with Crippen LogP contribution < -0.4 is 5.32 Å².